The molecule has 1 heterocycles. The normalized spacial score (nSPS) is 22.9. The Bertz CT molecular complexity index is 464. The van der Waals surface area contributed by atoms with Gasteiger partial charge in [0.15, 0.2) is 11.0 Å². The lowest BCUT2D eigenvalue weighted by molar-refractivity contribution is 0.238. The first kappa shape index (κ1) is 11.9. The van der Waals surface area contributed by atoms with Crippen LogP contribution in [0.1, 0.15) is 12.8 Å². The van der Waals surface area contributed by atoms with Gasteiger partial charge in [-0.3, -0.25) is 0 Å². The third-order valence-corrected chi connectivity index (χ3v) is 3.05. The summed E-state index contributed by atoms with van der Waals surface area (Å²) in [7, 11) is 0. The van der Waals surface area contributed by atoms with Crippen LogP contribution in [0.15, 0.2) is 12.2 Å². The van der Waals surface area contributed by atoms with Crippen LogP contribution in [0.3, 0.4) is 0 Å². The maximum Gasteiger partial charge on any atom is 0.223 e. The first-order chi connectivity index (χ1) is 8.06. The second kappa shape index (κ2) is 4.38. The molecular formula is C10H14ClN5O. The molecule has 6 N–H and O–H groups in total. The highest BCUT2D eigenvalue weighted by Crippen LogP contribution is 2.31. The molecular weight excluding hydrogens is 242 g/mol. The Morgan fingerprint density at radius 1 is 1.47 bits per heavy atom. The summed E-state index contributed by atoms with van der Waals surface area (Å²) < 4.78 is 0. The lowest BCUT2D eigenvalue weighted by Gasteiger charge is -2.27. The van der Waals surface area contributed by atoms with Crippen LogP contribution in [0.2, 0.25) is 5.15 Å². The van der Waals surface area contributed by atoms with E-state index in [0.717, 1.165) is 12.8 Å². The van der Waals surface area contributed by atoms with Gasteiger partial charge in [-0.1, -0.05) is 23.8 Å². The fraction of sp³-hybridized carbons (Fsp3) is 0.400. The van der Waals surface area contributed by atoms with Gasteiger partial charge in [-0.15, -0.1) is 0 Å². The van der Waals surface area contributed by atoms with Crippen molar-refractivity contribution in [1.29, 1.82) is 0 Å². The zero-order valence-electron chi connectivity index (χ0n) is 9.15. The fourth-order valence-corrected chi connectivity index (χ4v) is 1.97. The van der Waals surface area contributed by atoms with Gasteiger partial charge in [-0.2, -0.15) is 9.97 Å². The van der Waals surface area contributed by atoms with Gasteiger partial charge in [0, 0.05) is 0 Å². The van der Waals surface area contributed by atoms with Crippen LogP contribution in [0.4, 0.5) is 17.5 Å². The molecule has 2 rings (SSSR count). The van der Waals surface area contributed by atoms with E-state index < -0.39 is 5.54 Å². The summed E-state index contributed by atoms with van der Waals surface area (Å²) in [6.45, 7) is -0.0511. The zero-order valence-corrected chi connectivity index (χ0v) is 9.91. The Balaban J connectivity index is 2.32. The van der Waals surface area contributed by atoms with Gasteiger partial charge in [-0.05, 0) is 12.8 Å². The number of rotatable bonds is 3. The molecule has 7 heteroatoms. The van der Waals surface area contributed by atoms with Crippen molar-refractivity contribution in [2.45, 2.75) is 18.4 Å². The highest BCUT2D eigenvalue weighted by atomic mass is 35.5. The third kappa shape index (κ3) is 2.27. The summed E-state index contributed by atoms with van der Waals surface area (Å²) in [6.07, 6.45) is 5.55. The van der Waals surface area contributed by atoms with E-state index in [0.29, 0.717) is 5.82 Å². The number of hydrogen-bond acceptors (Lipinski definition) is 6. The largest absolute Gasteiger partial charge is 0.394 e. The van der Waals surface area contributed by atoms with Crippen molar-refractivity contribution in [1.82, 2.24) is 9.97 Å². The molecule has 0 spiro atoms. The van der Waals surface area contributed by atoms with E-state index in [1.54, 1.807) is 0 Å². The SMILES string of the molecule is Nc1nc(Cl)c(N)c(N[C@@]2(CO)C=CCC2)n1. The van der Waals surface area contributed by atoms with Crippen molar-refractivity contribution in [3.05, 3.63) is 17.3 Å². The Kier molecular flexibility index (Phi) is 3.08. The Hall–Kier alpha value is -1.53. The van der Waals surface area contributed by atoms with Crippen LogP contribution in [-0.4, -0.2) is 27.2 Å². The van der Waals surface area contributed by atoms with Crippen molar-refractivity contribution >= 4 is 29.1 Å². The maximum absolute atomic E-state index is 9.45. The topological polar surface area (TPSA) is 110 Å². The summed E-state index contributed by atoms with van der Waals surface area (Å²) in [5.41, 5.74) is 11.0. The maximum atomic E-state index is 9.45. The minimum Gasteiger partial charge on any atom is -0.394 e. The van der Waals surface area contributed by atoms with E-state index in [1.165, 1.54) is 0 Å². The van der Waals surface area contributed by atoms with Crippen molar-refractivity contribution in [2.24, 2.45) is 0 Å². The number of aliphatic hydroxyl groups is 1. The minimum atomic E-state index is -0.543. The van der Waals surface area contributed by atoms with Gasteiger partial charge in [-0.25, -0.2) is 0 Å². The number of nitrogen functional groups attached to an aromatic ring is 2. The van der Waals surface area contributed by atoms with Crippen LogP contribution < -0.4 is 16.8 Å². The number of allylic oxidation sites excluding steroid dienone is 1. The fourth-order valence-electron chi connectivity index (χ4n) is 1.80. The average Bonchev–Trinajstić information content (AvgIpc) is 2.74. The lowest BCUT2D eigenvalue weighted by Crippen LogP contribution is -2.38. The third-order valence-electron chi connectivity index (χ3n) is 2.76. The molecule has 1 aromatic heterocycles. The predicted molar refractivity (Wildman–Crippen MR) is 67.7 cm³/mol. The molecule has 0 bridgehead atoms. The van der Waals surface area contributed by atoms with Crippen LogP contribution in [-0.2, 0) is 0 Å². The van der Waals surface area contributed by atoms with Crippen LogP contribution >= 0.6 is 11.6 Å². The predicted octanol–water partition coefficient (Wildman–Crippen LogP) is 0.787. The molecule has 17 heavy (non-hydrogen) atoms. The number of halogens is 1. The van der Waals surface area contributed by atoms with Crippen molar-refractivity contribution in [2.75, 3.05) is 23.4 Å². The smallest absolute Gasteiger partial charge is 0.223 e. The van der Waals surface area contributed by atoms with Crippen LogP contribution in [0, 0.1) is 0 Å². The Labute approximate surface area is 104 Å². The van der Waals surface area contributed by atoms with Gasteiger partial charge in [0.05, 0.1) is 12.1 Å². The molecule has 6 nitrogen and oxygen atoms in total. The molecule has 1 aliphatic rings. The van der Waals surface area contributed by atoms with E-state index in [1.807, 2.05) is 12.2 Å². The summed E-state index contributed by atoms with van der Waals surface area (Å²) in [5.74, 6) is 0.393. The number of anilines is 3. The zero-order chi connectivity index (χ0) is 12.5. The number of hydrogen-bond donors (Lipinski definition) is 4. The molecule has 0 amide bonds. The summed E-state index contributed by atoms with van der Waals surface area (Å²) in [5, 5.41) is 12.6. The first-order valence-electron chi connectivity index (χ1n) is 5.21. The molecule has 0 fully saturated rings. The highest BCUT2D eigenvalue weighted by Gasteiger charge is 2.30. The van der Waals surface area contributed by atoms with E-state index in [9.17, 15) is 5.11 Å². The van der Waals surface area contributed by atoms with E-state index in [2.05, 4.69) is 15.3 Å². The van der Waals surface area contributed by atoms with Crippen molar-refractivity contribution in [3.8, 4) is 0 Å². The minimum absolute atomic E-state index is 0.0433. The van der Waals surface area contributed by atoms with Gasteiger partial charge < -0.3 is 21.9 Å². The summed E-state index contributed by atoms with van der Waals surface area (Å²) in [6, 6.07) is 0. The quantitative estimate of drug-likeness (QED) is 0.469. The molecule has 0 saturated heterocycles. The Morgan fingerprint density at radius 2 is 2.24 bits per heavy atom. The number of nitrogens with one attached hydrogen (secondary N) is 1. The van der Waals surface area contributed by atoms with Crippen LogP contribution in [0.25, 0.3) is 0 Å². The standard InChI is InChI=1S/C10H14ClN5O/c11-7-6(12)8(15-9(13)14-7)16-10(5-17)3-1-2-4-10/h1,3,17H,2,4-5,12H2,(H3,13,14,15,16)/t10-/m0/s1. The van der Waals surface area contributed by atoms with E-state index in [4.69, 9.17) is 23.1 Å². The highest BCUT2D eigenvalue weighted by molar-refractivity contribution is 6.32. The molecule has 1 aliphatic carbocycles. The average molecular weight is 256 g/mol. The molecule has 0 saturated carbocycles. The van der Waals surface area contributed by atoms with Gasteiger partial charge in [0.1, 0.15) is 5.69 Å². The number of nitrogens with zero attached hydrogens (tertiary/aromatic N) is 2. The summed E-state index contributed by atoms with van der Waals surface area (Å²) in [4.78, 5) is 7.73. The number of aliphatic hydroxyl groups excluding tert-OH is 1. The molecule has 0 unspecified atom stereocenters. The lowest BCUT2D eigenvalue weighted by atomic mass is 10.0. The molecule has 1 atom stereocenters. The molecule has 0 aromatic carbocycles. The van der Waals surface area contributed by atoms with Gasteiger partial charge in [0.25, 0.3) is 0 Å². The first-order valence-corrected chi connectivity index (χ1v) is 5.59. The van der Waals surface area contributed by atoms with E-state index >= 15 is 0 Å². The molecule has 0 radical (unpaired) electrons. The van der Waals surface area contributed by atoms with Crippen LogP contribution in [0.5, 0.6) is 0 Å². The number of aromatic nitrogens is 2. The van der Waals surface area contributed by atoms with Gasteiger partial charge >= 0.3 is 0 Å². The monoisotopic (exact) mass is 255 g/mol. The second-order valence-corrected chi connectivity index (χ2v) is 4.37. The Morgan fingerprint density at radius 3 is 2.82 bits per heavy atom. The number of nitrogens with two attached hydrogens (primary N) is 2. The molecule has 1 aromatic rings. The van der Waals surface area contributed by atoms with Crippen molar-refractivity contribution < 1.29 is 5.11 Å². The summed E-state index contributed by atoms with van der Waals surface area (Å²) >= 11 is 5.82. The van der Waals surface area contributed by atoms with Gasteiger partial charge in [0.2, 0.25) is 5.95 Å². The van der Waals surface area contributed by atoms with E-state index in [-0.39, 0.29) is 23.4 Å². The molecule has 92 valence electrons. The second-order valence-electron chi connectivity index (χ2n) is 4.02. The van der Waals surface area contributed by atoms with Crippen molar-refractivity contribution in [3.63, 3.8) is 0 Å². The molecule has 0 aliphatic heterocycles.